The van der Waals surface area contributed by atoms with E-state index in [4.69, 9.17) is 9.73 Å². The molecule has 2 heterocycles. The second-order valence-electron chi connectivity index (χ2n) is 9.43. The lowest BCUT2D eigenvalue weighted by Crippen LogP contribution is -2.49. The number of aromatic nitrogens is 2. The standard InChI is InChI=1S/C22H38N6O2/c1-6-24-20(26-12-9-17(2)19(15-26)27-13-10-23-16-27)25-11-14-28(18-7-8-18)21(29)30-22(3,4)5/h10,13,16-19H,6-9,11-12,14-15H2,1-5H3,(H,24,25). The maximum atomic E-state index is 12.6. The molecule has 168 valence electrons. The van der Waals surface area contributed by atoms with Crippen LogP contribution in [-0.4, -0.2) is 75.8 Å². The number of amides is 1. The van der Waals surface area contributed by atoms with Gasteiger partial charge in [0.1, 0.15) is 5.60 Å². The van der Waals surface area contributed by atoms with Gasteiger partial charge >= 0.3 is 6.09 Å². The van der Waals surface area contributed by atoms with Gasteiger partial charge in [0.25, 0.3) is 0 Å². The van der Waals surface area contributed by atoms with E-state index in [9.17, 15) is 4.79 Å². The second kappa shape index (κ2) is 9.71. The highest BCUT2D eigenvalue weighted by Crippen LogP contribution is 2.29. The monoisotopic (exact) mass is 418 g/mol. The van der Waals surface area contributed by atoms with Crippen LogP contribution < -0.4 is 5.32 Å². The van der Waals surface area contributed by atoms with E-state index in [1.54, 1.807) is 0 Å². The van der Waals surface area contributed by atoms with E-state index in [-0.39, 0.29) is 6.09 Å². The molecule has 1 aromatic rings. The number of imidazole rings is 1. The number of rotatable bonds is 6. The Morgan fingerprint density at radius 2 is 2.10 bits per heavy atom. The predicted octanol–water partition coefficient (Wildman–Crippen LogP) is 3.13. The van der Waals surface area contributed by atoms with Gasteiger partial charge in [-0.15, -0.1) is 0 Å². The molecule has 1 amide bonds. The molecule has 3 rings (SSSR count). The first-order chi connectivity index (χ1) is 14.3. The van der Waals surface area contributed by atoms with E-state index >= 15 is 0 Å². The van der Waals surface area contributed by atoms with E-state index in [0.717, 1.165) is 44.9 Å². The zero-order chi connectivity index (χ0) is 21.7. The summed E-state index contributed by atoms with van der Waals surface area (Å²) in [6.45, 7) is 14.0. The van der Waals surface area contributed by atoms with Crippen LogP contribution in [0.15, 0.2) is 23.7 Å². The number of guanidine groups is 1. The normalized spacial score (nSPS) is 22.7. The number of carbonyl (C=O) groups excluding carboxylic acids is 1. The van der Waals surface area contributed by atoms with Gasteiger partial charge in [0.2, 0.25) is 0 Å². The van der Waals surface area contributed by atoms with E-state index in [2.05, 4.69) is 33.6 Å². The van der Waals surface area contributed by atoms with Crippen molar-refractivity contribution in [2.75, 3.05) is 32.7 Å². The minimum atomic E-state index is -0.477. The first-order valence-corrected chi connectivity index (χ1v) is 11.3. The van der Waals surface area contributed by atoms with Crippen molar-refractivity contribution >= 4 is 12.1 Å². The van der Waals surface area contributed by atoms with Crippen molar-refractivity contribution in [3.8, 4) is 0 Å². The summed E-state index contributed by atoms with van der Waals surface area (Å²) in [6, 6.07) is 0.689. The Balaban J connectivity index is 1.63. The molecule has 0 radical (unpaired) electrons. The van der Waals surface area contributed by atoms with Crippen molar-refractivity contribution < 1.29 is 9.53 Å². The third kappa shape index (κ3) is 6.12. The van der Waals surface area contributed by atoms with Crippen LogP contribution in [0.4, 0.5) is 4.79 Å². The zero-order valence-corrected chi connectivity index (χ0v) is 19.2. The first-order valence-electron chi connectivity index (χ1n) is 11.3. The summed E-state index contributed by atoms with van der Waals surface area (Å²) in [5.41, 5.74) is -0.477. The van der Waals surface area contributed by atoms with E-state index in [1.807, 2.05) is 44.4 Å². The molecule has 30 heavy (non-hydrogen) atoms. The Hall–Kier alpha value is -2.25. The number of carbonyl (C=O) groups is 1. The molecule has 0 aromatic carbocycles. The second-order valence-corrected chi connectivity index (χ2v) is 9.43. The summed E-state index contributed by atoms with van der Waals surface area (Å²) >= 11 is 0. The lowest BCUT2D eigenvalue weighted by Gasteiger charge is -2.39. The van der Waals surface area contributed by atoms with Crippen molar-refractivity contribution in [3.05, 3.63) is 18.7 Å². The first kappa shape index (κ1) is 22.4. The van der Waals surface area contributed by atoms with Gasteiger partial charge < -0.3 is 24.4 Å². The minimum Gasteiger partial charge on any atom is -0.444 e. The minimum absolute atomic E-state index is 0.225. The van der Waals surface area contributed by atoms with Gasteiger partial charge in [-0.2, -0.15) is 0 Å². The molecule has 8 heteroatoms. The summed E-state index contributed by atoms with van der Waals surface area (Å²) in [6.07, 6.45) is 8.79. The van der Waals surface area contributed by atoms with Gasteiger partial charge in [-0.1, -0.05) is 6.92 Å². The molecule has 2 fully saturated rings. The highest BCUT2D eigenvalue weighted by molar-refractivity contribution is 5.80. The fraction of sp³-hybridized carbons (Fsp3) is 0.773. The lowest BCUT2D eigenvalue weighted by molar-refractivity contribution is 0.0240. The number of likely N-dealkylation sites (tertiary alicyclic amines) is 1. The highest BCUT2D eigenvalue weighted by Gasteiger charge is 2.35. The molecule has 1 aliphatic carbocycles. The van der Waals surface area contributed by atoms with Crippen LogP contribution in [0.5, 0.6) is 0 Å². The van der Waals surface area contributed by atoms with Crippen LogP contribution in [0.3, 0.4) is 0 Å². The van der Waals surface area contributed by atoms with Gasteiger partial charge in [-0.05, 0) is 52.9 Å². The molecule has 1 saturated carbocycles. The number of hydrogen-bond acceptors (Lipinski definition) is 4. The topological polar surface area (TPSA) is 75.0 Å². The largest absolute Gasteiger partial charge is 0.444 e. The average Bonchev–Trinajstić information content (AvgIpc) is 3.36. The third-order valence-electron chi connectivity index (χ3n) is 5.68. The molecular formula is C22H38N6O2. The van der Waals surface area contributed by atoms with Crippen LogP contribution in [-0.2, 0) is 4.74 Å². The Labute approximate surface area is 180 Å². The quantitative estimate of drug-likeness (QED) is 0.567. The predicted molar refractivity (Wildman–Crippen MR) is 119 cm³/mol. The highest BCUT2D eigenvalue weighted by atomic mass is 16.6. The average molecular weight is 419 g/mol. The maximum absolute atomic E-state index is 12.6. The van der Waals surface area contributed by atoms with E-state index < -0.39 is 5.60 Å². The van der Waals surface area contributed by atoms with Gasteiger partial charge in [0.15, 0.2) is 5.96 Å². The Bertz CT molecular complexity index is 708. The molecule has 2 atom stereocenters. The summed E-state index contributed by atoms with van der Waals surface area (Å²) in [7, 11) is 0. The van der Waals surface area contributed by atoms with Crippen molar-refractivity contribution in [3.63, 3.8) is 0 Å². The molecule has 0 bridgehead atoms. The van der Waals surface area contributed by atoms with E-state index in [0.29, 0.717) is 31.1 Å². The SMILES string of the molecule is CCNC(=NCCN(C(=O)OC(C)(C)C)C1CC1)N1CCC(C)C(n2ccnc2)C1. The third-order valence-corrected chi connectivity index (χ3v) is 5.68. The molecule has 0 spiro atoms. The maximum Gasteiger partial charge on any atom is 0.410 e. The molecule has 1 saturated heterocycles. The lowest BCUT2D eigenvalue weighted by atomic mass is 9.93. The summed E-state index contributed by atoms with van der Waals surface area (Å²) in [5, 5.41) is 3.44. The molecule has 1 aromatic heterocycles. The van der Waals surface area contributed by atoms with Crippen molar-refractivity contribution in [1.82, 2.24) is 24.7 Å². The zero-order valence-electron chi connectivity index (χ0n) is 19.2. The number of piperidine rings is 1. The fourth-order valence-electron chi connectivity index (χ4n) is 3.91. The Kier molecular flexibility index (Phi) is 7.26. The van der Waals surface area contributed by atoms with Gasteiger partial charge in [-0.25, -0.2) is 9.78 Å². The van der Waals surface area contributed by atoms with Crippen LogP contribution >= 0.6 is 0 Å². The smallest absolute Gasteiger partial charge is 0.410 e. The van der Waals surface area contributed by atoms with Crippen LogP contribution in [0.2, 0.25) is 0 Å². The van der Waals surface area contributed by atoms with Crippen LogP contribution in [0.25, 0.3) is 0 Å². The summed E-state index contributed by atoms with van der Waals surface area (Å²) in [4.78, 5) is 25.8. The molecule has 1 aliphatic heterocycles. The van der Waals surface area contributed by atoms with Crippen molar-refractivity contribution in [1.29, 1.82) is 0 Å². The summed E-state index contributed by atoms with van der Waals surface area (Å²) in [5.74, 6) is 1.52. The molecule has 1 N–H and O–H groups in total. The van der Waals surface area contributed by atoms with Crippen molar-refractivity contribution in [2.24, 2.45) is 10.9 Å². The van der Waals surface area contributed by atoms with E-state index in [1.165, 1.54) is 0 Å². The Morgan fingerprint density at radius 1 is 1.33 bits per heavy atom. The number of nitrogens with one attached hydrogen (secondary N) is 1. The number of ether oxygens (including phenoxy) is 1. The molecule has 2 aliphatic rings. The number of hydrogen-bond donors (Lipinski definition) is 1. The number of nitrogens with zero attached hydrogens (tertiary/aromatic N) is 5. The molecule has 8 nitrogen and oxygen atoms in total. The van der Waals surface area contributed by atoms with Gasteiger partial charge in [0.05, 0.1) is 18.9 Å². The van der Waals surface area contributed by atoms with Crippen LogP contribution in [0, 0.1) is 5.92 Å². The van der Waals surface area contributed by atoms with Gasteiger partial charge in [0, 0.05) is 44.6 Å². The number of aliphatic imine (C=N–C) groups is 1. The molecule has 2 unspecified atom stereocenters. The Morgan fingerprint density at radius 3 is 2.70 bits per heavy atom. The van der Waals surface area contributed by atoms with Crippen molar-refractivity contribution in [2.45, 2.75) is 71.6 Å². The molecular weight excluding hydrogens is 380 g/mol. The van der Waals surface area contributed by atoms with Gasteiger partial charge in [-0.3, -0.25) is 4.99 Å². The summed E-state index contributed by atoms with van der Waals surface area (Å²) < 4.78 is 7.80. The van der Waals surface area contributed by atoms with Crippen LogP contribution in [0.1, 0.15) is 59.9 Å². The fourth-order valence-corrected chi connectivity index (χ4v) is 3.91.